The number of nitrogens with zero attached hydrogens (tertiary/aromatic N) is 1. The predicted octanol–water partition coefficient (Wildman–Crippen LogP) is 2.54. The summed E-state index contributed by atoms with van der Waals surface area (Å²) < 4.78 is 0. The zero-order chi connectivity index (χ0) is 8.36. The van der Waals surface area contributed by atoms with Crippen LogP contribution >= 0.6 is 0 Å². The summed E-state index contributed by atoms with van der Waals surface area (Å²) in [7, 11) is 0. The molecule has 0 aliphatic carbocycles. The standard InChI is InChI=1S/C6H6.C3H7NO/c1-2-4-6-5-3-1;1-2-3-4-5/h1-6H;3,5H,2H2,1H3. The lowest BCUT2D eigenvalue weighted by molar-refractivity contribution is 0.320. The quantitative estimate of drug-likeness (QED) is 0.373. The highest BCUT2D eigenvalue weighted by molar-refractivity contribution is 5.55. The smallest absolute Gasteiger partial charge is 0.0433 e. The molecule has 0 saturated heterocycles. The van der Waals surface area contributed by atoms with E-state index in [4.69, 9.17) is 5.21 Å². The first-order valence-corrected chi connectivity index (χ1v) is 3.57. The van der Waals surface area contributed by atoms with Crippen molar-refractivity contribution in [1.29, 1.82) is 0 Å². The summed E-state index contributed by atoms with van der Waals surface area (Å²) in [5, 5.41) is 10.4. The van der Waals surface area contributed by atoms with Crippen LogP contribution in [-0.2, 0) is 0 Å². The van der Waals surface area contributed by atoms with E-state index in [0.29, 0.717) is 0 Å². The maximum atomic E-state index is 7.64. The molecule has 1 rings (SSSR count). The minimum Gasteiger partial charge on any atom is -0.411 e. The molecular formula is C9H13NO. The molecule has 0 spiro atoms. The Balaban J connectivity index is 0.000000187. The molecule has 0 heterocycles. The first-order valence-electron chi connectivity index (χ1n) is 3.57. The van der Waals surface area contributed by atoms with Crippen LogP contribution in [0.25, 0.3) is 0 Å². The van der Waals surface area contributed by atoms with Gasteiger partial charge >= 0.3 is 0 Å². The van der Waals surface area contributed by atoms with E-state index in [-0.39, 0.29) is 0 Å². The lowest BCUT2D eigenvalue weighted by Crippen LogP contribution is -1.61. The molecule has 1 aromatic rings. The van der Waals surface area contributed by atoms with E-state index in [2.05, 4.69) is 5.16 Å². The molecule has 2 nitrogen and oxygen atoms in total. The van der Waals surface area contributed by atoms with Gasteiger partial charge in [0.05, 0.1) is 0 Å². The number of hydrogen-bond acceptors (Lipinski definition) is 2. The molecular weight excluding hydrogens is 138 g/mol. The molecule has 0 bridgehead atoms. The zero-order valence-electron chi connectivity index (χ0n) is 6.64. The summed E-state index contributed by atoms with van der Waals surface area (Å²) in [4.78, 5) is 0. The van der Waals surface area contributed by atoms with Crippen LogP contribution in [0.5, 0.6) is 0 Å². The highest BCUT2D eigenvalue weighted by Gasteiger charge is 1.57. The van der Waals surface area contributed by atoms with E-state index in [1.54, 1.807) is 0 Å². The highest BCUT2D eigenvalue weighted by Crippen LogP contribution is 1.79. The molecule has 0 aliphatic rings. The second-order valence-corrected chi connectivity index (χ2v) is 1.86. The minimum absolute atomic E-state index is 0.802. The number of benzene rings is 1. The van der Waals surface area contributed by atoms with Gasteiger partial charge in [0.15, 0.2) is 0 Å². The van der Waals surface area contributed by atoms with Gasteiger partial charge < -0.3 is 5.21 Å². The van der Waals surface area contributed by atoms with Gasteiger partial charge in [-0.3, -0.25) is 0 Å². The Labute approximate surface area is 67.2 Å². The molecule has 0 aliphatic heterocycles. The number of hydrogen-bond donors (Lipinski definition) is 1. The number of oxime groups is 1. The van der Waals surface area contributed by atoms with Crippen LogP contribution in [0.3, 0.4) is 0 Å². The molecule has 11 heavy (non-hydrogen) atoms. The minimum atomic E-state index is 0.802. The van der Waals surface area contributed by atoms with E-state index in [0.717, 1.165) is 6.42 Å². The topological polar surface area (TPSA) is 32.6 Å². The zero-order valence-corrected chi connectivity index (χ0v) is 6.64. The van der Waals surface area contributed by atoms with E-state index in [1.807, 2.05) is 43.3 Å². The maximum Gasteiger partial charge on any atom is 0.0433 e. The van der Waals surface area contributed by atoms with Crippen molar-refractivity contribution in [3.8, 4) is 0 Å². The fourth-order valence-electron chi connectivity index (χ4n) is 0.467. The van der Waals surface area contributed by atoms with Gasteiger partial charge in [-0.25, -0.2) is 0 Å². The van der Waals surface area contributed by atoms with Crippen molar-refractivity contribution in [3.05, 3.63) is 36.4 Å². The summed E-state index contributed by atoms with van der Waals surface area (Å²) in [6.45, 7) is 1.90. The second kappa shape index (κ2) is 8.69. The molecule has 1 aromatic carbocycles. The van der Waals surface area contributed by atoms with Crippen molar-refractivity contribution in [3.63, 3.8) is 0 Å². The van der Waals surface area contributed by atoms with Crippen molar-refractivity contribution < 1.29 is 5.21 Å². The monoisotopic (exact) mass is 151 g/mol. The molecule has 0 aromatic heterocycles. The van der Waals surface area contributed by atoms with E-state index in [9.17, 15) is 0 Å². The summed E-state index contributed by atoms with van der Waals surface area (Å²) in [6, 6.07) is 12.0. The Bertz CT molecular complexity index is 145. The summed E-state index contributed by atoms with van der Waals surface area (Å²) in [6.07, 6.45) is 2.23. The van der Waals surface area contributed by atoms with Gasteiger partial charge in [-0.15, -0.1) is 5.16 Å². The molecule has 0 fully saturated rings. The molecule has 0 radical (unpaired) electrons. The molecule has 0 atom stereocenters. The summed E-state index contributed by atoms with van der Waals surface area (Å²) >= 11 is 0. The van der Waals surface area contributed by atoms with Gasteiger partial charge in [0.25, 0.3) is 0 Å². The van der Waals surface area contributed by atoms with Crippen LogP contribution in [-0.4, -0.2) is 11.4 Å². The lowest BCUT2D eigenvalue weighted by Gasteiger charge is -1.69. The fraction of sp³-hybridized carbons (Fsp3) is 0.222. The third kappa shape index (κ3) is 8.69. The normalized spacial score (nSPS) is 8.82. The molecule has 60 valence electrons. The third-order valence-electron chi connectivity index (χ3n) is 0.931. The van der Waals surface area contributed by atoms with E-state index < -0.39 is 0 Å². The van der Waals surface area contributed by atoms with Crippen LogP contribution in [0.4, 0.5) is 0 Å². The Morgan fingerprint density at radius 1 is 1.09 bits per heavy atom. The van der Waals surface area contributed by atoms with Gasteiger partial charge in [-0.05, 0) is 6.42 Å². The highest BCUT2D eigenvalue weighted by atomic mass is 16.4. The molecule has 0 unspecified atom stereocenters. The molecule has 0 amide bonds. The van der Waals surface area contributed by atoms with E-state index in [1.165, 1.54) is 6.21 Å². The van der Waals surface area contributed by atoms with Crippen molar-refractivity contribution >= 4 is 6.21 Å². The van der Waals surface area contributed by atoms with Crippen molar-refractivity contribution in [2.45, 2.75) is 13.3 Å². The van der Waals surface area contributed by atoms with Gasteiger partial charge in [0.2, 0.25) is 0 Å². The maximum absolute atomic E-state index is 7.64. The van der Waals surface area contributed by atoms with Crippen molar-refractivity contribution in [1.82, 2.24) is 0 Å². The van der Waals surface area contributed by atoms with Crippen LogP contribution in [0.15, 0.2) is 41.6 Å². The fourth-order valence-corrected chi connectivity index (χ4v) is 0.467. The average Bonchev–Trinajstić information content (AvgIpc) is 2.10. The van der Waals surface area contributed by atoms with Crippen LogP contribution in [0.1, 0.15) is 13.3 Å². The Hall–Kier alpha value is -1.31. The van der Waals surface area contributed by atoms with Crippen LogP contribution in [0.2, 0.25) is 0 Å². The lowest BCUT2D eigenvalue weighted by atomic mass is 10.4. The first kappa shape index (κ1) is 9.69. The Morgan fingerprint density at radius 3 is 1.55 bits per heavy atom. The summed E-state index contributed by atoms with van der Waals surface area (Å²) in [5.41, 5.74) is 0. The Morgan fingerprint density at radius 2 is 1.45 bits per heavy atom. The van der Waals surface area contributed by atoms with Crippen molar-refractivity contribution in [2.24, 2.45) is 5.16 Å². The molecule has 1 N–H and O–H groups in total. The number of rotatable bonds is 1. The van der Waals surface area contributed by atoms with Crippen LogP contribution < -0.4 is 0 Å². The second-order valence-electron chi connectivity index (χ2n) is 1.86. The Kier molecular flexibility index (Phi) is 7.66. The van der Waals surface area contributed by atoms with Gasteiger partial charge in [0.1, 0.15) is 0 Å². The largest absolute Gasteiger partial charge is 0.411 e. The van der Waals surface area contributed by atoms with E-state index >= 15 is 0 Å². The predicted molar refractivity (Wildman–Crippen MR) is 47.0 cm³/mol. The first-order chi connectivity index (χ1) is 5.41. The van der Waals surface area contributed by atoms with Gasteiger partial charge in [-0.1, -0.05) is 43.3 Å². The molecule has 0 saturated carbocycles. The SMILES string of the molecule is CCC=NO.c1ccccc1. The van der Waals surface area contributed by atoms with Gasteiger partial charge in [-0.2, -0.15) is 0 Å². The average molecular weight is 151 g/mol. The molecule has 2 heteroatoms. The third-order valence-corrected chi connectivity index (χ3v) is 0.931. The summed E-state index contributed by atoms with van der Waals surface area (Å²) in [5.74, 6) is 0. The van der Waals surface area contributed by atoms with Crippen LogP contribution in [0, 0.1) is 0 Å². The van der Waals surface area contributed by atoms with Gasteiger partial charge in [0, 0.05) is 6.21 Å². The van der Waals surface area contributed by atoms with Crippen molar-refractivity contribution in [2.75, 3.05) is 0 Å².